The van der Waals surface area contributed by atoms with Gasteiger partial charge in [-0.3, -0.25) is 0 Å². The van der Waals surface area contributed by atoms with E-state index in [9.17, 15) is 0 Å². The van der Waals surface area contributed by atoms with Crippen molar-refractivity contribution in [1.29, 1.82) is 0 Å². The van der Waals surface area contributed by atoms with Gasteiger partial charge in [-0.2, -0.15) is 0 Å². The van der Waals surface area contributed by atoms with E-state index >= 15 is 0 Å². The molecule has 1 atom stereocenters. The highest BCUT2D eigenvalue weighted by atomic mass is 16.5. The first-order chi connectivity index (χ1) is 9.76. The maximum atomic E-state index is 6.05. The van der Waals surface area contributed by atoms with Crippen LogP contribution in [-0.2, 0) is 4.74 Å². The van der Waals surface area contributed by atoms with Crippen LogP contribution in [0.25, 0.3) is 11.0 Å². The number of para-hydroxylation sites is 1. The molecule has 0 spiro atoms. The third kappa shape index (κ3) is 3.62. The van der Waals surface area contributed by atoms with Crippen LogP contribution < -0.4 is 5.32 Å². The second kappa shape index (κ2) is 7.46. The summed E-state index contributed by atoms with van der Waals surface area (Å²) in [5.74, 6) is 0.971. The fourth-order valence-corrected chi connectivity index (χ4v) is 2.31. The van der Waals surface area contributed by atoms with Gasteiger partial charge in [0.15, 0.2) is 0 Å². The molecule has 3 heteroatoms. The summed E-state index contributed by atoms with van der Waals surface area (Å²) in [6.45, 7) is 8.79. The quantitative estimate of drug-likeness (QED) is 0.733. The Kier molecular flexibility index (Phi) is 5.62. The molecule has 0 saturated carbocycles. The van der Waals surface area contributed by atoms with Gasteiger partial charge in [-0.05, 0) is 37.9 Å². The van der Waals surface area contributed by atoms with Crippen molar-refractivity contribution in [2.45, 2.75) is 39.7 Å². The van der Waals surface area contributed by atoms with Crippen LogP contribution in [0.3, 0.4) is 0 Å². The lowest BCUT2D eigenvalue weighted by molar-refractivity contribution is 0.106. The minimum Gasteiger partial charge on any atom is -0.459 e. The molecule has 1 aromatic carbocycles. The van der Waals surface area contributed by atoms with Gasteiger partial charge >= 0.3 is 0 Å². The topological polar surface area (TPSA) is 34.4 Å². The molecule has 0 bridgehead atoms. The summed E-state index contributed by atoms with van der Waals surface area (Å²) < 4.78 is 11.7. The molecular formula is C17H25NO2. The van der Waals surface area contributed by atoms with E-state index in [1.54, 1.807) is 0 Å². The fraction of sp³-hybridized carbons (Fsp3) is 0.529. The van der Waals surface area contributed by atoms with Crippen molar-refractivity contribution in [2.75, 3.05) is 19.8 Å². The lowest BCUT2D eigenvalue weighted by atomic mass is 10.1. The number of fused-ring (bicyclic) bond motifs is 1. The Morgan fingerprint density at radius 2 is 2.10 bits per heavy atom. The van der Waals surface area contributed by atoms with E-state index in [-0.39, 0.29) is 6.04 Å². The van der Waals surface area contributed by atoms with Crippen molar-refractivity contribution in [3.05, 3.63) is 35.6 Å². The summed E-state index contributed by atoms with van der Waals surface area (Å²) in [5.41, 5.74) is 2.17. The molecule has 0 fully saturated rings. The number of aryl methyl sites for hydroxylation is 1. The Labute approximate surface area is 121 Å². The molecule has 1 unspecified atom stereocenters. The van der Waals surface area contributed by atoms with Gasteiger partial charge in [-0.1, -0.05) is 32.0 Å². The Morgan fingerprint density at radius 1 is 1.25 bits per heavy atom. The first-order valence-corrected chi connectivity index (χ1v) is 7.56. The smallest absolute Gasteiger partial charge is 0.137 e. The van der Waals surface area contributed by atoms with Crippen LogP contribution in [0, 0.1) is 6.92 Å². The van der Waals surface area contributed by atoms with Crippen LogP contribution in [-0.4, -0.2) is 19.8 Å². The summed E-state index contributed by atoms with van der Waals surface area (Å²) in [4.78, 5) is 0. The first-order valence-electron chi connectivity index (χ1n) is 7.56. The van der Waals surface area contributed by atoms with Crippen molar-refractivity contribution in [3.63, 3.8) is 0 Å². The lowest BCUT2D eigenvalue weighted by Gasteiger charge is -2.16. The molecule has 110 valence electrons. The Hall–Kier alpha value is -1.32. The van der Waals surface area contributed by atoms with Gasteiger partial charge in [0.05, 0.1) is 12.6 Å². The summed E-state index contributed by atoms with van der Waals surface area (Å²) >= 11 is 0. The summed E-state index contributed by atoms with van der Waals surface area (Å²) in [6.07, 6.45) is 2.14. The molecule has 0 aliphatic rings. The van der Waals surface area contributed by atoms with Crippen molar-refractivity contribution >= 4 is 11.0 Å². The normalized spacial score (nSPS) is 12.9. The van der Waals surface area contributed by atoms with Crippen molar-refractivity contribution < 1.29 is 9.15 Å². The molecule has 1 heterocycles. The average Bonchev–Trinajstić information content (AvgIpc) is 2.88. The Balaban J connectivity index is 2.18. The van der Waals surface area contributed by atoms with Crippen molar-refractivity contribution in [1.82, 2.24) is 5.32 Å². The number of hydrogen-bond donors (Lipinski definition) is 1. The van der Waals surface area contributed by atoms with E-state index in [1.165, 1.54) is 10.9 Å². The number of hydrogen-bond acceptors (Lipinski definition) is 3. The second-order valence-corrected chi connectivity index (χ2v) is 5.22. The highest BCUT2D eigenvalue weighted by Gasteiger charge is 2.16. The van der Waals surface area contributed by atoms with Crippen LogP contribution in [0.1, 0.15) is 44.1 Å². The summed E-state index contributed by atoms with van der Waals surface area (Å²) in [7, 11) is 0. The van der Waals surface area contributed by atoms with E-state index in [2.05, 4.69) is 50.4 Å². The molecule has 0 radical (unpaired) electrons. The predicted molar refractivity (Wildman–Crippen MR) is 83.1 cm³/mol. The van der Waals surface area contributed by atoms with Gasteiger partial charge in [-0.25, -0.2) is 0 Å². The number of rotatable bonds is 8. The molecule has 1 N–H and O–H groups in total. The lowest BCUT2D eigenvalue weighted by Crippen LogP contribution is -2.26. The molecular weight excluding hydrogens is 250 g/mol. The van der Waals surface area contributed by atoms with E-state index in [4.69, 9.17) is 9.15 Å². The van der Waals surface area contributed by atoms with E-state index in [0.717, 1.165) is 37.3 Å². The van der Waals surface area contributed by atoms with Crippen LogP contribution >= 0.6 is 0 Å². The minimum absolute atomic E-state index is 0.133. The zero-order chi connectivity index (χ0) is 14.4. The van der Waals surface area contributed by atoms with Crippen molar-refractivity contribution in [3.8, 4) is 0 Å². The standard InChI is InChI=1S/C17H25NO2/c1-4-9-18-15(12-19-10-5-2)16-11-14-8-6-7-13(3)17(14)20-16/h6-8,11,15,18H,4-5,9-10,12H2,1-3H3. The fourth-order valence-electron chi connectivity index (χ4n) is 2.31. The predicted octanol–water partition coefficient (Wildman–Crippen LogP) is 4.21. The van der Waals surface area contributed by atoms with Gasteiger partial charge in [-0.15, -0.1) is 0 Å². The molecule has 0 aliphatic carbocycles. The molecule has 0 amide bonds. The number of ether oxygens (including phenoxy) is 1. The van der Waals surface area contributed by atoms with E-state index in [1.807, 2.05) is 0 Å². The maximum absolute atomic E-state index is 6.05. The molecule has 2 aromatic rings. The molecule has 2 rings (SSSR count). The number of nitrogens with one attached hydrogen (secondary N) is 1. The third-order valence-electron chi connectivity index (χ3n) is 3.38. The van der Waals surface area contributed by atoms with Crippen LogP contribution in [0.2, 0.25) is 0 Å². The highest BCUT2D eigenvalue weighted by molar-refractivity contribution is 5.81. The van der Waals surface area contributed by atoms with Crippen LogP contribution in [0.4, 0.5) is 0 Å². The average molecular weight is 275 g/mol. The van der Waals surface area contributed by atoms with E-state index in [0.29, 0.717) is 6.61 Å². The molecule has 1 aromatic heterocycles. The summed E-state index contributed by atoms with van der Waals surface area (Å²) in [5, 5.41) is 4.67. The molecule has 0 saturated heterocycles. The van der Waals surface area contributed by atoms with Gasteiger partial charge in [0, 0.05) is 12.0 Å². The zero-order valence-corrected chi connectivity index (χ0v) is 12.7. The maximum Gasteiger partial charge on any atom is 0.137 e. The highest BCUT2D eigenvalue weighted by Crippen LogP contribution is 2.26. The summed E-state index contributed by atoms with van der Waals surface area (Å²) in [6, 6.07) is 8.51. The Morgan fingerprint density at radius 3 is 2.80 bits per heavy atom. The zero-order valence-electron chi connectivity index (χ0n) is 12.7. The first kappa shape index (κ1) is 15.1. The second-order valence-electron chi connectivity index (χ2n) is 5.22. The molecule has 20 heavy (non-hydrogen) atoms. The van der Waals surface area contributed by atoms with E-state index < -0.39 is 0 Å². The largest absolute Gasteiger partial charge is 0.459 e. The third-order valence-corrected chi connectivity index (χ3v) is 3.38. The number of benzene rings is 1. The molecule has 0 aliphatic heterocycles. The Bertz CT molecular complexity index is 533. The monoisotopic (exact) mass is 275 g/mol. The SMILES string of the molecule is CCCNC(COCCC)c1cc2cccc(C)c2o1. The van der Waals surface area contributed by atoms with Gasteiger partial charge in [0.1, 0.15) is 11.3 Å². The van der Waals surface area contributed by atoms with Crippen molar-refractivity contribution in [2.24, 2.45) is 0 Å². The van der Waals surface area contributed by atoms with Gasteiger partial charge < -0.3 is 14.5 Å². The number of furan rings is 1. The molecule has 3 nitrogen and oxygen atoms in total. The van der Waals surface area contributed by atoms with Crippen LogP contribution in [0.5, 0.6) is 0 Å². The van der Waals surface area contributed by atoms with Gasteiger partial charge in [0.2, 0.25) is 0 Å². The van der Waals surface area contributed by atoms with Crippen LogP contribution in [0.15, 0.2) is 28.7 Å². The van der Waals surface area contributed by atoms with Gasteiger partial charge in [0.25, 0.3) is 0 Å². The minimum atomic E-state index is 0.133.